The summed E-state index contributed by atoms with van der Waals surface area (Å²) in [6, 6.07) is 2.94. The maximum atomic E-state index is 2.56. The van der Waals surface area contributed by atoms with E-state index in [4.69, 9.17) is 0 Å². The molecule has 0 radical (unpaired) electrons. The second-order valence-corrected chi connectivity index (χ2v) is 21.5. The number of rotatable bonds is 3. The monoisotopic (exact) mass is 174 g/mol. The van der Waals surface area contributed by atoms with Gasteiger partial charge in [0.1, 0.15) is 0 Å². The zero-order valence-electron chi connectivity index (χ0n) is 8.41. The average Bonchev–Trinajstić information content (AvgIpc) is 1.88. The Hall–Kier alpha value is 0.434. The van der Waals surface area contributed by atoms with E-state index in [0.717, 1.165) is 0 Å². The highest BCUT2D eigenvalue weighted by Gasteiger charge is 2.37. The summed E-state index contributed by atoms with van der Waals surface area (Å²) in [5.41, 5.74) is 0. The normalized spacial score (nSPS) is 13.8. The van der Waals surface area contributed by atoms with Crippen molar-refractivity contribution in [2.24, 2.45) is 0 Å². The first kappa shape index (κ1) is 10.4. The van der Waals surface area contributed by atoms with Crippen molar-refractivity contribution in [2.75, 3.05) is 0 Å². The van der Waals surface area contributed by atoms with Gasteiger partial charge in [0, 0.05) is 15.2 Å². The van der Waals surface area contributed by atoms with E-state index >= 15 is 0 Å². The molecule has 10 heavy (non-hydrogen) atoms. The van der Waals surface area contributed by atoms with Crippen LogP contribution < -0.4 is 0 Å². The highest BCUT2D eigenvalue weighted by Crippen LogP contribution is 2.25. The fraction of sp³-hybridized carbons (Fsp3) is 1.00. The molecule has 0 aromatic carbocycles. The summed E-state index contributed by atoms with van der Waals surface area (Å²) in [4.78, 5) is 0. The topological polar surface area (TPSA) is 0 Å². The molecule has 0 saturated carbocycles. The standard InChI is InChI=1S/C8H22Si2/c1-7-9(3,4)10(5,6)8-2/h7-8H2,1-6H3. The highest BCUT2D eigenvalue weighted by molar-refractivity contribution is 7.40. The quantitative estimate of drug-likeness (QED) is 0.574. The molecular weight excluding hydrogens is 152 g/mol. The number of hydrogen-bond acceptors (Lipinski definition) is 0. The lowest BCUT2D eigenvalue weighted by molar-refractivity contribution is 1.33. The molecule has 0 heterocycles. The zero-order chi connectivity index (χ0) is 8.41. The molecule has 0 rings (SSSR count). The van der Waals surface area contributed by atoms with Crippen LogP contribution in [0.1, 0.15) is 13.8 Å². The van der Waals surface area contributed by atoms with Crippen LogP contribution >= 0.6 is 0 Å². The van der Waals surface area contributed by atoms with Crippen molar-refractivity contribution >= 4 is 15.2 Å². The van der Waals surface area contributed by atoms with E-state index < -0.39 is 15.2 Å². The maximum absolute atomic E-state index is 2.56. The van der Waals surface area contributed by atoms with Crippen LogP contribution in [0.4, 0.5) is 0 Å². The first-order valence-electron chi connectivity index (χ1n) is 4.37. The molecular formula is C8H22Si2. The second kappa shape index (κ2) is 3.22. The Balaban J connectivity index is 4.28. The first-order valence-corrected chi connectivity index (χ1v) is 11.8. The van der Waals surface area contributed by atoms with E-state index in [2.05, 4.69) is 40.0 Å². The molecule has 0 atom stereocenters. The summed E-state index contributed by atoms with van der Waals surface area (Å²) in [7, 11) is -1.53. The van der Waals surface area contributed by atoms with E-state index in [1.807, 2.05) is 0 Å². The third-order valence-electron chi connectivity index (χ3n) is 3.60. The van der Waals surface area contributed by atoms with Crippen molar-refractivity contribution in [2.45, 2.75) is 52.1 Å². The van der Waals surface area contributed by atoms with Crippen molar-refractivity contribution in [3.8, 4) is 0 Å². The van der Waals surface area contributed by atoms with Crippen LogP contribution in [0.5, 0.6) is 0 Å². The van der Waals surface area contributed by atoms with Crippen molar-refractivity contribution in [1.82, 2.24) is 0 Å². The summed E-state index contributed by atoms with van der Waals surface area (Å²) >= 11 is 0. The maximum Gasteiger partial charge on any atom is 0.0410 e. The van der Waals surface area contributed by atoms with E-state index in [-0.39, 0.29) is 0 Å². The van der Waals surface area contributed by atoms with Gasteiger partial charge in [0.15, 0.2) is 0 Å². The minimum atomic E-state index is -0.766. The van der Waals surface area contributed by atoms with Crippen LogP contribution in [0.15, 0.2) is 0 Å². The largest absolute Gasteiger partial charge is 0.0713 e. The number of hydrogen-bond donors (Lipinski definition) is 0. The van der Waals surface area contributed by atoms with Crippen LogP contribution in [-0.4, -0.2) is 15.2 Å². The Kier molecular flexibility index (Phi) is 3.36. The van der Waals surface area contributed by atoms with Gasteiger partial charge >= 0.3 is 0 Å². The van der Waals surface area contributed by atoms with Gasteiger partial charge in [0.2, 0.25) is 0 Å². The Morgan fingerprint density at radius 1 is 0.700 bits per heavy atom. The molecule has 0 aromatic heterocycles. The lowest BCUT2D eigenvalue weighted by atomic mass is 11.0. The van der Waals surface area contributed by atoms with Gasteiger partial charge in [-0.3, -0.25) is 0 Å². The van der Waals surface area contributed by atoms with E-state index in [0.29, 0.717) is 0 Å². The SMILES string of the molecule is CC[Si](C)(C)[Si](C)(C)CC. The molecule has 0 N–H and O–H groups in total. The third kappa shape index (κ3) is 1.96. The van der Waals surface area contributed by atoms with Gasteiger partial charge in [-0.2, -0.15) is 0 Å². The molecule has 2 heteroatoms. The minimum absolute atomic E-state index is 0.766. The van der Waals surface area contributed by atoms with Crippen molar-refractivity contribution in [3.63, 3.8) is 0 Å². The molecule has 0 aliphatic rings. The predicted molar refractivity (Wildman–Crippen MR) is 55.9 cm³/mol. The summed E-state index contributed by atoms with van der Waals surface area (Å²) in [6.45, 7) is 15.0. The van der Waals surface area contributed by atoms with Gasteiger partial charge in [0.25, 0.3) is 0 Å². The Labute approximate surface area is 67.8 Å². The average molecular weight is 174 g/mol. The van der Waals surface area contributed by atoms with Crippen LogP contribution in [0.3, 0.4) is 0 Å². The predicted octanol–water partition coefficient (Wildman–Crippen LogP) is 3.52. The van der Waals surface area contributed by atoms with Gasteiger partial charge in [-0.05, 0) is 0 Å². The van der Waals surface area contributed by atoms with Crippen LogP contribution in [0.25, 0.3) is 0 Å². The summed E-state index contributed by atoms with van der Waals surface area (Å²) in [6.07, 6.45) is 0. The molecule has 0 bridgehead atoms. The second-order valence-electron chi connectivity index (χ2n) is 4.47. The third-order valence-corrected chi connectivity index (χ3v) is 23.9. The summed E-state index contributed by atoms with van der Waals surface area (Å²) in [5.74, 6) is 0. The van der Waals surface area contributed by atoms with Gasteiger partial charge in [-0.25, -0.2) is 0 Å². The Morgan fingerprint density at radius 2 is 0.900 bits per heavy atom. The molecule has 62 valence electrons. The van der Waals surface area contributed by atoms with Gasteiger partial charge < -0.3 is 0 Å². The fourth-order valence-electron chi connectivity index (χ4n) is 0.957. The fourth-order valence-corrected chi connectivity index (χ4v) is 8.61. The highest BCUT2D eigenvalue weighted by atomic mass is 29.3. The molecule has 0 aliphatic carbocycles. The lowest BCUT2D eigenvalue weighted by Crippen LogP contribution is -2.53. The Morgan fingerprint density at radius 3 is 1.00 bits per heavy atom. The molecule has 0 aliphatic heterocycles. The van der Waals surface area contributed by atoms with Crippen molar-refractivity contribution in [1.29, 1.82) is 0 Å². The van der Waals surface area contributed by atoms with Crippen molar-refractivity contribution in [3.05, 3.63) is 0 Å². The van der Waals surface area contributed by atoms with Crippen LogP contribution in [0.2, 0.25) is 38.3 Å². The Bertz CT molecular complexity index is 91.8. The molecule has 0 amide bonds. The van der Waals surface area contributed by atoms with E-state index in [1.165, 1.54) is 12.1 Å². The van der Waals surface area contributed by atoms with Gasteiger partial charge in [-0.1, -0.05) is 52.1 Å². The van der Waals surface area contributed by atoms with Crippen molar-refractivity contribution < 1.29 is 0 Å². The first-order chi connectivity index (χ1) is 4.37. The molecule has 0 fully saturated rings. The smallest absolute Gasteiger partial charge is 0.0410 e. The molecule has 0 aromatic rings. The minimum Gasteiger partial charge on any atom is -0.0713 e. The molecule has 0 unspecified atom stereocenters. The van der Waals surface area contributed by atoms with Crippen LogP contribution in [0, 0.1) is 0 Å². The van der Waals surface area contributed by atoms with Gasteiger partial charge in [0.05, 0.1) is 0 Å². The summed E-state index contributed by atoms with van der Waals surface area (Å²) in [5, 5.41) is 0. The van der Waals surface area contributed by atoms with E-state index in [1.54, 1.807) is 0 Å². The summed E-state index contributed by atoms with van der Waals surface area (Å²) < 4.78 is 0. The molecule has 0 spiro atoms. The zero-order valence-corrected chi connectivity index (χ0v) is 10.4. The molecule has 0 saturated heterocycles. The van der Waals surface area contributed by atoms with Gasteiger partial charge in [-0.15, -0.1) is 0 Å². The van der Waals surface area contributed by atoms with Crippen LogP contribution in [-0.2, 0) is 0 Å². The lowest BCUT2D eigenvalue weighted by Gasteiger charge is -2.36. The van der Waals surface area contributed by atoms with E-state index in [9.17, 15) is 0 Å². The molecule has 0 nitrogen and oxygen atoms in total.